The Labute approximate surface area is 166 Å². The minimum atomic E-state index is 0.689. The number of anilines is 1. The number of rotatable bonds is 3. The molecule has 0 saturated carbocycles. The summed E-state index contributed by atoms with van der Waals surface area (Å²) in [6.07, 6.45) is 0.743. The van der Waals surface area contributed by atoms with E-state index in [1.807, 2.05) is 18.2 Å². The third-order valence-electron chi connectivity index (χ3n) is 5.05. The highest BCUT2D eigenvalue weighted by atomic mass is 35.5. The van der Waals surface area contributed by atoms with Gasteiger partial charge in [0.1, 0.15) is 5.82 Å². The fourth-order valence-corrected chi connectivity index (χ4v) is 4.43. The lowest BCUT2D eigenvalue weighted by atomic mass is 10.2. The molecule has 0 radical (unpaired) electrons. The summed E-state index contributed by atoms with van der Waals surface area (Å²) in [5, 5.41) is 11.8. The SMILES string of the molecule is CN1CCN(c2nc3ccc(Cl)cc3n3c(Cc4cccs4)nnc23)CC1. The van der Waals surface area contributed by atoms with Crippen molar-refractivity contribution >= 4 is 45.4 Å². The first kappa shape index (κ1) is 16.9. The van der Waals surface area contributed by atoms with Gasteiger partial charge in [-0.1, -0.05) is 17.7 Å². The quantitative estimate of drug-likeness (QED) is 0.529. The number of piperazine rings is 1. The van der Waals surface area contributed by atoms with E-state index in [2.05, 4.69) is 49.0 Å². The lowest BCUT2D eigenvalue weighted by Gasteiger charge is -2.33. The first-order valence-electron chi connectivity index (χ1n) is 8.98. The number of likely N-dealkylation sites (N-methyl/N-ethyl adjacent to an activating group) is 1. The molecule has 0 spiro atoms. The minimum absolute atomic E-state index is 0.689. The Morgan fingerprint density at radius 3 is 2.74 bits per heavy atom. The molecular weight excluding hydrogens is 380 g/mol. The summed E-state index contributed by atoms with van der Waals surface area (Å²) < 4.78 is 2.13. The number of hydrogen-bond acceptors (Lipinski definition) is 6. The van der Waals surface area contributed by atoms with Crippen LogP contribution >= 0.6 is 22.9 Å². The van der Waals surface area contributed by atoms with Crippen LogP contribution in [-0.4, -0.2) is 57.7 Å². The van der Waals surface area contributed by atoms with Crippen molar-refractivity contribution in [1.82, 2.24) is 24.5 Å². The molecule has 27 heavy (non-hydrogen) atoms. The molecule has 1 aliphatic rings. The highest BCUT2D eigenvalue weighted by Gasteiger charge is 2.22. The van der Waals surface area contributed by atoms with E-state index in [1.54, 1.807) is 11.3 Å². The van der Waals surface area contributed by atoms with Gasteiger partial charge in [0.25, 0.3) is 0 Å². The van der Waals surface area contributed by atoms with Gasteiger partial charge < -0.3 is 9.80 Å². The lowest BCUT2D eigenvalue weighted by Crippen LogP contribution is -2.45. The Morgan fingerprint density at radius 1 is 1.11 bits per heavy atom. The molecule has 0 unspecified atom stereocenters. The van der Waals surface area contributed by atoms with Gasteiger partial charge in [-0.3, -0.25) is 4.40 Å². The van der Waals surface area contributed by atoms with E-state index >= 15 is 0 Å². The summed E-state index contributed by atoms with van der Waals surface area (Å²) in [4.78, 5) is 10.8. The number of halogens is 1. The molecule has 0 N–H and O–H groups in total. The van der Waals surface area contributed by atoms with Crippen LogP contribution in [0.2, 0.25) is 5.02 Å². The highest BCUT2D eigenvalue weighted by Crippen LogP contribution is 2.28. The van der Waals surface area contributed by atoms with Crippen LogP contribution in [0.5, 0.6) is 0 Å². The Kier molecular flexibility index (Phi) is 4.22. The molecule has 1 saturated heterocycles. The molecule has 8 heteroatoms. The zero-order valence-corrected chi connectivity index (χ0v) is 16.5. The summed E-state index contributed by atoms with van der Waals surface area (Å²) in [7, 11) is 2.15. The van der Waals surface area contributed by atoms with Crippen LogP contribution in [0.25, 0.3) is 16.7 Å². The summed E-state index contributed by atoms with van der Waals surface area (Å²) in [5.41, 5.74) is 2.67. The van der Waals surface area contributed by atoms with Crippen molar-refractivity contribution in [2.24, 2.45) is 0 Å². The van der Waals surface area contributed by atoms with Crippen LogP contribution in [0.1, 0.15) is 10.7 Å². The molecule has 4 heterocycles. The van der Waals surface area contributed by atoms with Crippen molar-refractivity contribution in [3.8, 4) is 0 Å². The van der Waals surface area contributed by atoms with Gasteiger partial charge in [-0.25, -0.2) is 4.98 Å². The number of thiophene rings is 1. The van der Waals surface area contributed by atoms with Crippen LogP contribution in [0.15, 0.2) is 35.7 Å². The largest absolute Gasteiger partial charge is 0.351 e. The standard InChI is InChI=1S/C19H19ClN6S/c1-24-6-8-25(9-7-24)18-19-23-22-17(12-14-3-2-10-27-14)26(19)16-11-13(20)4-5-15(16)21-18/h2-5,10-11H,6-9,12H2,1H3. The number of nitrogens with zero attached hydrogens (tertiary/aromatic N) is 6. The highest BCUT2D eigenvalue weighted by molar-refractivity contribution is 7.09. The maximum Gasteiger partial charge on any atom is 0.204 e. The molecule has 1 aliphatic heterocycles. The average Bonchev–Trinajstić information content (AvgIpc) is 3.33. The van der Waals surface area contributed by atoms with Crippen LogP contribution in [0.4, 0.5) is 5.82 Å². The van der Waals surface area contributed by atoms with E-state index < -0.39 is 0 Å². The molecule has 1 fully saturated rings. The van der Waals surface area contributed by atoms with E-state index in [0.29, 0.717) is 5.02 Å². The molecular formula is C19H19ClN6S. The van der Waals surface area contributed by atoms with Crippen molar-refractivity contribution in [2.75, 3.05) is 38.1 Å². The molecule has 138 valence electrons. The fourth-order valence-electron chi connectivity index (χ4n) is 3.56. The van der Waals surface area contributed by atoms with E-state index in [-0.39, 0.29) is 0 Å². The smallest absolute Gasteiger partial charge is 0.204 e. The van der Waals surface area contributed by atoms with Gasteiger partial charge in [0, 0.05) is 42.5 Å². The van der Waals surface area contributed by atoms with Crippen LogP contribution < -0.4 is 4.90 Å². The van der Waals surface area contributed by atoms with E-state index in [0.717, 1.165) is 60.9 Å². The van der Waals surface area contributed by atoms with Crippen molar-refractivity contribution in [2.45, 2.75) is 6.42 Å². The number of fused-ring (bicyclic) bond motifs is 3. The average molecular weight is 399 g/mol. The predicted molar refractivity (Wildman–Crippen MR) is 110 cm³/mol. The van der Waals surface area contributed by atoms with Gasteiger partial charge in [-0.2, -0.15) is 0 Å². The van der Waals surface area contributed by atoms with Gasteiger partial charge in [0.15, 0.2) is 5.82 Å². The minimum Gasteiger partial charge on any atom is -0.351 e. The van der Waals surface area contributed by atoms with Gasteiger partial charge in [-0.05, 0) is 36.7 Å². The van der Waals surface area contributed by atoms with Gasteiger partial charge in [0.2, 0.25) is 5.65 Å². The third kappa shape index (κ3) is 3.05. The zero-order valence-electron chi connectivity index (χ0n) is 15.0. The number of hydrogen-bond donors (Lipinski definition) is 0. The molecule has 6 nitrogen and oxygen atoms in total. The van der Waals surface area contributed by atoms with Crippen LogP contribution in [-0.2, 0) is 6.42 Å². The molecule has 0 atom stereocenters. The van der Waals surface area contributed by atoms with E-state index in [1.165, 1.54) is 4.88 Å². The zero-order chi connectivity index (χ0) is 18.4. The Hall–Kier alpha value is -2.22. The molecule has 5 rings (SSSR count). The van der Waals surface area contributed by atoms with Crippen molar-refractivity contribution in [3.05, 3.63) is 51.4 Å². The van der Waals surface area contributed by atoms with Crippen molar-refractivity contribution in [1.29, 1.82) is 0 Å². The van der Waals surface area contributed by atoms with E-state index in [9.17, 15) is 0 Å². The summed E-state index contributed by atoms with van der Waals surface area (Å²) in [6.45, 7) is 3.90. The number of aromatic nitrogens is 4. The van der Waals surface area contributed by atoms with Crippen LogP contribution in [0.3, 0.4) is 0 Å². The van der Waals surface area contributed by atoms with Gasteiger partial charge in [-0.15, -0.1) is 21.5 Å². The van der Waals surface area contributed by atoms with Gasteiger partial charge >= 0.3 is 0 Å². The number of benzene rings is 1. The topological polar surface area (TPSA) is 49.6 Å². The molecule has 1 aromatic carbocycles. The second kappa shape index (κ2) is 6.74. The third-order valence-corrected chi connectivity index (χ3v) is 6.16. The van der Waals surface area contributed by atoms with Crippen molar-refractivity contribution in [3.63, 3.8) is 0 Å². The first-order valence-corrected chi connectivity index (χ1v) is 10.2. The normalized spacial score (nSPS) is 15.9. The Morgan fingerprint density at radius 2 is 1.96 bits per heavy atom. The molecule has 3 aromatic heterocycles. The maximum atomic E-state index is 6.29. The Bertz CT molecular complexity index is 1100. The van der Waals surface area contributed by atoms with E-state index in [4.69, 9.17) is 16.6 Å². The second-order valence-corrected chi connectivity index (χ2v) is 8.36. The maximum absolute atomic E-state index is 6.29. The monoisotopic (exact) mass is 398 g/mol. The Balaban J connectivity index is 1.71. The predicted octanol–water partition coefficient (Wildman–Crippen LogP) is 3.34. The van der Waals surface area contributed by atoms with Gasteiger partial charge in [0.05, 0.1) is 11.0 Å². The molecule has 0 amide bonds. The summed E-state index contributed by atoms with van der Waals surface area (Å²) in [5.74, 6) is 1.82. The molecule has 0 aliphatic carbocycles. The first-order chi connectivity index (χ1) is 13.2. The molecule has 0 bridgehead atoms. The second-order valence-electron chi connectivity index (χ2n) is 6.89. The van der Waals surface area contributed by atoms with Crippen LogP contribution in [0, 0.1) is 0 Å². The fraction of sp³-hybridized carbons (Fsp3) is 0.316. The summed E-state index contributed by atoms with van der Waals surface area (Å²) in [6, 6.07) is 10.0. The van der Waals surface area contributed by atoms with Crippen molar-refractivity contribution < 1.29 is 0 Å². The lowest BCUT2D eigenvalue weighted by molar-refractivity contribution is 0.312. The summed E-state index contributed by atoms with van der Waals surface area (Å²) >= 11 is 8.02. The molecule has 4 aromatic rings.